The van der Waals surface area contributed by atoms with Crippen LogP contribution >= 0.6 is 0 Å². The van der Waals surface area contributed by atoms with E-state index < -0.39 is 0 Å². The summed E-state index contributed by atoms with van der Waals surface area (Å²) in [7, 11) is 0. The van der Waals surface area contributed by atoms with Gasteiger partial charge in [-0.3, -0.25) is 4.98 Å². The van der Waals surface area contributed by atoms with E-state index in [2.05, 4.69) is 71.7 Å². The zero-order chi connectivity index (χ0) is 13.4. The van der Waals surface area contributed by atoms with Crippen molar-refractivity contribution in [1.29, 1.82) is 0 Å². The van der Waals surface area contributed by atoms with Crippen LogP contribution in [0.25, 0.3) is 32.8 Å². The smallest absolute Gasteiger partial charge is 0.0786 e. The van der Waals surface area contributed by atoms with Gasteiger partial charge in [0.05, 0.1) is 5.52 Å². The minimum absolute atomic E-state index is 1.07. The molecule has 3 aromatic carbocycles. The van der Waals surface area contributed by atoms with Crippen LogP contribution in [0.2, 0.25) is 0 Å². The molecule has 0 N–H and O–H groups in total. The lowest BCUT2D eigenvalue weighted by Crippen LogP contribution is -1.86. The van der Waals surface area contributed by atoms with Gasteiger partial charge in [0.15, 0.2) is 0 Å². The van der Waals surface area contributed by atoms with Crippen LogP contribution in [0, 0.1) is 0 Å². The van der Waals surface area contributed by atoms with E-state index in [1.165, 1.54) is 27.3 Å². The van der Waals surface area contributed by atoms with Crippen LogP contribution in [0.3, 0.4) is 0 Å². The lowest BCUT2D eigenvalue weighted by molar-refractivity contribution is 1.44. The number of fused-ring (bicyclic) bond motifs is 3. The molecule has 1 aromatic heterocycles. The second-order valence-corrected chi connectivity index (χ2v) is 4.91. The van der Waals surface area contributed by atoms with E-state index in [0.29, 0.717) is 0 Å². The molecule has 1 nitrogen and oxygen atoms in total. The lowest BCUT2D eigenvalue weighted by Gasteiger charge is -2.08. The van der Waals surface area contributed by atoms with Gasteiger partial charge in [-0.2, -0.15) is 0 Å². The molecular weight excluding hydrogens is 242 g/mol. The fourth-order valence-electron chi connectivity index (χ4n) is 2.74. The van der Waals surface area contributed by atoms with Gasteiger partial charge >= 0.3 is 0 Å². The van der Waals surface area contributed by atoms with Crippen LogP contribution in [-0.2, 0) is 0 Å². The number of nitrogens with zero attached hydrogens (tertiary/aromatic N) is 1. The summed E-state index contributed by atoms with van der Waals surface area (Å²) >= 11 is 0. The SMILES string of the molecule is c1ccc(-c2cccc3c2ncc2ccccc23)cc1. The summed E-state index contributed by atoms with van der Waals surface area (Å²) in [5.74, 6) is 0. The predicted molar refractivity (Wildman–Crippen MR) is 84.7 cm³/mol. The molecular formula is C19H13N. The third kappa shape index (κ3) is 1.68. The Hall–Kier alpha value is -2.67. The van der Waals surface area contributed by atoms with E-state index in [-0.39, 0.29) is 0 Å². The molecule has 0 fully saturated rings. The topological polar surface area (TPSA) is 12.9 Å². The maximum Gasteiger partial charge on any atom is 0.0786 e. The summed E-state index contributed by atoms with van der Waals surface area (Å²) in [6.07, 6.45) is 1.96. The Kier molecular flexibility index (Phi) is 2.49. The third-order valence-corrected chi connectivity index (χ3v) is 3.70. The Balaban J connectivity index is 2.12. The molecule has 0 aliphatic carbocycles. The second kappa shape index (κ2) is 4.46. The molecule has 0 radical (unpaired) electrons. The highest BCUT2D eigenvalue weighted by molar-refractivity contribution is 6.09. The lowest BCUT2D eigenvalue weighted by atomic mass is 9.99. The van der Waals surface area contributed by atoms with Crippen LogP contribution in [0.5, 0.6) is 0 Å². The Morgan fingerprint density at radius 3 is 2.25 bits per heavy atom. The van der Waals surface area contributed by atoms with Crippen molar-refractivity contribution in [2.75, 3.05) is 0 Å². The highest BCUT2D eigenvalue weighted by atomic mass is 14.7. The normalized spacial score (nSPS) is 11.0. The zero-order valence-electron chi connectivity index (χ0n) is 11.0. The summed E-state index contributed by atoms with van der Waals surface area (Å²) in [5.41, 5.74) is 3.46. The van der Waals surface area contributed by atoms with E-state index in [0.717, 1.165) is 5.52 Å². The second-order valence-electron chi connectivity index (χ2n) is 4.91. The fourth-order valence-corrected chi connectivity index (χ4v) is 2.74. The van der Waals surface area contributed by atoms with Gasteiger partial charge in [-0.1, -0.05) is 72.8 Å². The van der Waals surface area contributed by atoms with Gasteiger partial charge in [-0.25, -0.2) is 0 Å². The van der Waals surface area contributed by atoms with Crippen molar-refractivity contribution in [3.8, 4) is 11.1 Å². The van der Waals surface area contributed by atoms with Crippen molar-refractivity contribution in [1.82, 2.24) is 4.98 Å². The quantitative estimate of drug-likeness (QED) is 0.433. The highest BCUT2D eigenvalue weighted by Crippen LogP contribution is 2.31. The first-order valence-electron chi connectivity index (χ1n) is 6.75. The fraction of sp³-hybridized carbons (Fsp3) is 0. The average Bonchev–Trinajstić information content (AvgIpc) is 2.55. The molecule has 20 heavy (non-hydrogen) atoms. The molecule has 1 heterocycles. The number of hydrogen-bond acceptors (Lipinski definition) is 1. The van der Waals surface area contributed by atoms with E-state index in [1.54, 1.807) is 0 Å². The molecule has 1 heteroatoms. The van der Waals surface area contributed by atoms with Crippen molar-refractivity contribution in [3.63, 3.8) is 0 Å². The average molecular weight is 255 g/mol. The monoisotopic (exact) mass is 255 g/mol. The first-order valence-corrected chi connectivity index (χ1v) is 6.75. The van der Waals surface area contributed by atoms with E-state index in [1.807, 2.05) is 12.3 Å². The first kappa shape index (κ1) is 11.2. The molecule has 0 atom stereocenters. The molecule has 0 aliphatic rings. The van der Waals surface area contributed by atoms with Gasteiger partial charge in [-0.05, 0) is 10.9 Å². The van der Waals surface area contributed by atoms with E-state index in [4.69, 9.17) is 0 Å². The van der Waals surface area contributed by atoms with Gasteiger partial charge in [0.2, 0.25) is 0 Å². The maximum absolute atomic E-state index is 4.69. The number of aromatic nitrogens is 1. The number of hydrogen-bond donors (Lipinski definition) is 0. The number of pyridine rings is 1. The highest BCUT2D eigenvalue weighted by Gasteiger charge is 2.07. The van der Waals surface area contributed by atoms with Crippen molar-refractivity contribution in [2.45, 2.75) is 0 Å². The standard InChI is InChI=1S/C19H13N/c1-2-7-14(8-3-1)17-11-6-12-18-16-10-5-4-9-15(16)13-20-19(17)18/h1-13H. The Morgan fingerprint density at radius 1 is 0.600 bits per heavy atom. The Labute approximate surface area is 117 Å². The first-order chi connectivity index (χ1) is 9.93. The largest absolute Gasteiger partial charge is 0.255 e. The Bertz CT molecular complexity index is 895. The van der Waals surface area contributed by atoms with Gasteiger partial charge in [0.25, 0.3) is 0 Å². The summed E-state index contributed by atoms with van der Waals surface area (Å²) in [4.78, 5) is 4.69. The Morgan fingerprint density at radius 2 is 1.35 bits per heavy atom. The van der Waals surface area contributed by atoms with Gasteiger partial charge in [0, 0.05) is 22.5 Å². The van der Waals surface area contributed by atoms with Crippen molar-refractivity contribution >= 4 is 21.7 Å². The zero-order valence-corrected chi connectivity index (χ0v) is 11.0. The minimum atomic E-state index is 1.07. The maximum atomic E-state index is 4.69. The van der Waals surface area contributed by atoms with Gasteiger partial charge < -0.3 is 0 Å². The molecule has 4 rings (SSSR count). The van der Waals surface area contributed by atoms with Crippen LogP contribution in [0.4, 0.5) is 0 Å². The molecule has 4 aromatic rings. The van der Waals surface area contributed by atoms with Gasteiger partial charge in [-0.15, -0.1) is 0 Å². The van der Waals surface area contributed by atoms with Crippen molar-refractivity contribution in [3.05, 3.63) is 79.0 Å². The molecule has 0 saturated carbocycles. The van der Waals surface area contributed by atoms with Crippen LogP contribution in [0.1, 0.15) is 0 Å². The number of para-hydroxylation sites is 1. The summed E-state index contributed by atoms with van der Waals surface area (Å²) < 4.78 is 0. The molecule has 0 bridgehead atoms. The number of benzene rings is 3. The molecule has 94 valence electrons. The van der Waals surface area contributed by atoms with Gasteiger partial charge in [0.1, 0.15) is 0 Å². The van der Waals surface area contributed by atoms with E-state index >= 15 is 0 Å². The summed E-state index contributed by atoms with van der Waals surface area (Å²) in [6, 6.07) is 25.2. The van der Waals surface area contributed by atoms with Crippen LogP contribution in [0.15, 0.2) is 79.0 Å². The number of rotatable bonds is 1. The van der Waals surface area contributed by atoms with Crippen LogP contribution in [-0.4, -0.2) is 4.98 Å². The summed E-state index contributed by atoms with van der Waals surface area (Å²) in [5, 5.41) is 3.66. The minimum Gasteiger partial charge on any atom is -0.255 e. The third-order valence-electron chi connectivity index (χ3n) is 3.70. The molecule has 0 unspecified atom stereocenters. The van der Waals surface area contributed by atoms with Crippen molar-refractivity contribution in [2.24, 2.45) is 0 Å². The summed E-state index contributed by atoms with van der Waals surface area (Å²) in [6.45, 7) is 0. The predicted octanol–water partition coefficient (Wildman–Crippen LogP) is 5.06. The van der Waals surface area contributed by atoms with E-state index in [9.17, 15) is 0 Å². The molecule has 0 spiro atoms. The molecule has 0 aliphatic heterocycles. The van der Waals surface area contributed by atoms with Crippen LogP contribution < -0.4 is 0 Å². The molecule has 0 saturated heterocycles. The molecule has 0 amide bonds. The van der Waals surface area contributed by atoms with Crippen molar-refractivity contribution < 1.29 is 0 Å².